The minimum Gasteiger partial charge on any atom is -0.494 e. The number of carbonyl (C=O) groups is 1. The quantitative estimate of drug-likeness (QED) is 0.227. The van der Waals surface area contributed by atoms with E-state index in [2.05, 4.69) is 74.5 Å². The summed E-state index contributed by atoms with van der Waals surface area (Å²) in [5.41, 5.74) is 4.55. The van der Waals surface area contributed by atoms with Crippen molar-refractivity contribution in [2.75, 3.05) is 48.8 Å². The highest BCUT2D eigenvalue weighted by atomic mass is 16.5. The van der Waals surface area contributed by atoms with Gasteiger partial charge in [-0.2, -0.15) is 4.98 Å². The Morgan fingerprint density at radius 3 is 2.55 bits per heavy atom. The normalized spacial score (nSPS) is 13.6. The standard InChI is InChI=1S/C33H33N7O2/c1-3-32(41)35-26-21-27(36-33-34-15-13-31(37-33)40-16-14-25-11-7-8-12-28(25)40)30(42-2)22-29(26)39-19-17-38(18-20-39)23-24-9-5-4-6-10-24/h3-16,21-22H,1,17-20,23H2,2H3,(H,35,41)(H,34,36,37). The van der Waals surface area contributed by atoms with E-state index in [9.17, 15) is 4.79 Å². The molecule has 2 N–H and O–H groups in total. The minimum absolute atomic E-state index is 0.284. The Morgan fingerprint density at radius 1 is 0.976 bits per heavy atom. The van der Waals surface area contributed by atoms with Gasteiger partial charge in [0.05, 0.1) is 29.7 Å². The first kappa shape index (κ1) is 27.0. The van der Waals surface area contributed by atoms with Crippen molar-refractivity contribution in [2.45, 2.75) is 6.54 Å². The van der Waals surface area contributed by atoms with Gasteiger partial charge in [0.15, 0.2) is 0 Å². The maximum absolute atomic E-state index is 12.4. The van der Waals surface area contributed by atoms with Crippen molar-refractivity contribution in [1.82, 2.24) is 19.4 Å². The maximum atomic E-state index is 12.4. The zero-order chi connectivity index (χ0) is 28.9. The molecule has 9 heteroatoms. The number of fused-ring (bicyclic) bond motifs is 1. The van der Waals surface area contributed by atoms with E-state index in [1.165, 1.54) is 11.6 Å². The molecule has 3 aromatic carbocycles. The van der Waals surface area contributed by atoms with Crippen LogP contribution >= 0.6 is 0 Å². The molecule has 1 fully saturated rings. The van der Waals surface area contributed by atoms with Gasteiger partial charge in [-0.05, 0) is 41.3 Å². The number of carbonyl (C=O) groups excluding carboxylic acids is 1. The fraction of sp³-hybridized carbons (Fsp3) is 0.182. The lowest BCUT2D eigenvalue weighted by atomic mass is 10.1. The molecule has 1 saturated heterocycles. The monoisotopic (exact) mass is 559 g/mol. The number of para-hydroxylation sites is 1. The number of methoxy groups -OCH3 is 1. The number of nitrogens with one attached hydrogen (secondary N) is 2. The smallest absolute Gasteiger partial charge is 0.247 e. The molecule has 9 nitrogen and oxygen atoms in total. The van der Waals surface area contributed by atoms with Crippen LogP contribution in [0.25, 0.3) is 16.7 Å². The second-order valence-corrected chi connectivity index (χ2v) is 10.1. The number of amides is 1. The van der Waals surface area contributed by atoms with Crippen molar-refractivity contribution in [3.8, 4) is 11.6 Å². The van der Waals surface area contributed by atoms with Crippen molar-refractivity contribution in [2.24, 2.45) is 0 Å². The van der Waals surface area contributed by atoms with Crippen molar-refractivity contribution in [1.29, 1.82) is 0 Å². The van der Waals surface area contributed by atoms with Crippen LogP contribution in [-0.4, -0.2) is 58.6 Å². The maximum Gasteiger partial charge on any atom is 0.247 e. The molecule has 1 aliphatic rings. The molecule has 2 aromatic heterocycles. The first-order valence-corrected chi connectivity index (χ1v) is 13.9. The van der Waals surface area contributed by atoms with E-state index < -0.39 is 0 Å². The molecule has 0 atom stereocenters. The molecular weight excluding hydrogens is 526 g/mol. The Kier molecular flexibility index (Phi) is 7.83. The van der Waals surface area contributed by atoms with E-state index in [1.54, 1.807) is 13.3 Å². The lowest BCUT2D eigenvalue weighted by Gasteiger charge is -2.37. The predicted octanol–water partition coefficient (Wildman–Crippen LogP) is 5.62. The molecule has 0 spiro atoms. The predicted molar refractivity (Wildman–Crippen MR) is 168 cm³/mol. The van der Waals surface area contributed by atoms with Gasteiger partial charge in [-0.25, -0.2) is 4.98 Å². The molecule has 6 rings (SSSR count). The zero-order valence-electron chi connectivity index (χ0n) is 23.5. The van der Waals surface area contributed by atoms with Crippen LogP contribution in [0.1, 0.15) is 5.56 Å². The third kappa shape index (κ3) is 5.82. The van der Waals surface area contributed by atoms with Crippen LogP contribution in [-0.2, 0) is 11.3 Å². The van der Waals surface area contributed by atoms with Crippen LogP contribution in [0.15, 0.2) is 104 Å². The Balaban J connectivity index is 1.26. The first-order chi connectivity index (χ1) is 20.6. The number of hydrogen-bond donors (Lipinski definition) is 2. The van der Waals surface area contributed by atoms with Crippen LogP contribution < -0.4 is 20.3 Å². The van der Waals surface area contributed by atoms with Gasteiger partial charge in [-0.3, -0.25) is 9.69 Å². The summed E-state index contributed by atoms with van der Waals surface area (Å²) >= 11 is 0. The van der Waals surface area contributed by atoms with Crippen LogP contribution in [0.5, 0.6) is 5.75 Å². The highest BCUT2D eigenvalue weighted by Crippen LogP contribution is 2.38. The zero-order valence-corrected chi connectivity index (χ0v) is 23.5. The van der Waals surface area contributed by atoms with Gasteiger partial charge >= 0.3 is 0 Å². The molecule has 0 saturated carbocycles. The number of anilines is 4. The van der Waals surface area contributed by atoms with E-state index >= 15 is 0 Å². The average molecular weight is 560 g/mol. The Hall–Kier alpha value is -5.15. The molecular formula is C33H33N7O2. The average Bonchev–Trinajstić information content (AvgIpc) is 3.47. The molecule has 0 bridgehead atoms. The van der Waals surface area contributed by atoms with Gasteiger partial charge in [0.2, 0.25) is 11.9 Å². The third-order valence-electron chi connectivity index (χ3n) is 7.46. The molecule has 1 aliphatic heterocycles. The fourth-order valence-corrected chi connectivity index (χ4v) is 5.32. The summed E-state index contributed by atoms with van der Waals surface area (Å²) in [5.74, 6) is 1.48. The van der Waals surface area contributed by atoms with Crippen molar-refractivity contribution >= 4 is 39.8 Å². The Bertz CT molecular complexity index is 1710. The summed E-state index contributed by atoms with van der Waals surface area (Å²) in [4.78, 5) is 26.4. The first-order valence-electron chi connectivity index (χ1n) is 13.9. The molecule has 42 heavy (non-hydrogen) atoms. The number of nitrogens with zero attached hydrogens (tertiary/aromatic N) is 5. The number of piperazine rings is 1. The lowest BCUT2D eigenvalue weighted by molar-refractivity contribution is -0.111. The van der Waals surface area contributed by atoms with Crippen LogP contribution in [0.4, 0.5) is 23.0 Å². The lowest BCUT2D eigenvalue weighted by Crippen LogP contribution is -2.46. The fourth-order valence-electron chi connectivity index (χ4n) is 5.32. The highest BCUT2D eigenvalue weighted by molar-refractivity contribution is 6.02. The highest BCUT2D eigenvalue weighted by Gasteiger charge is 2.22. The number of rotatable bonds is 9. The molecule has 212 valence electrons. The third-order valence-corrected chi connectivity index (χ3v) is 7.46. The summed E-state index contributed by atoms with van der Waals surface area (Å²) < 4.78 is 7.83. The van der Waals surface area contributed by atoms with Gasteiger partial charge in [0, 0.05) is 51.2 Å². The van der Waals surface area contributed by atoms with E-state index in [1.807, 2.05) is 47.2 Å². The van der Waals surface area contributed by atoms with Gasteiger partial charge in [0.25, 0.3) is 0 Å². The molecule has 5 aromatic rings. The van der Waals surface area contributed by atoms with Crippen LogP contribution in [0, 0.1) is 0 Å². The van der Waals surface area contributed by atoms with E-state index in [4.69, 9.17) is 9.72 Å². The topological polar surface area (TPSA) is 87.5 Å². The molecule has 0 unspecified atom stereocenters. The Morgan fingerprint density at radius 2 is 1.76 bits per heavy atom. The molecule has 0 aliphatic carbocycles. The summed E-state index contributed by atoms with van der Waals surface area (Å²) in [6.07, 6.45) is 4.98. The summed E-state index contributed by atoms with van der Waals surface area (Å²) in [6.45, 7) is 7.99. The Labute approximate surface area is 245 Å². The van der Waals surface area contributed by atoms with E-state index in [-0.39, 0.29) is 5.91 Å². The number of ether oxygens (including phenoxy) is 1. The van der Waals surface area contributed by atoms with Crippen molar-refractivity contribution in [3.63, 3.8) is 0 Å². The molecule has 3 heterocycles. The van der Waals surface area contributed by atoms with Crippen LogP contribution in [0.3, 0.4) is 0 Å². The molecule has 1 amide bonds. The minimum atomic E-state index is -0.284. The van der Waals surface area contributed by atoms with Gasteiger partial charge < -0.3 is 24.8 Å². The molecule has 0 radical (unpaired) electrons. The van der Waals surface area contributed by atoms with Crippen LogP contribution in [0.2, 0.25) is 0 Å². The van der Waals surface area contributed by atoms with Crippen molar-refractivity contribution < 1.29 is 9.53 Å². The number of benzene rings is 3. The largest absolute Gasteiger partial charge is 0.494 e. The van der Waals surface area contributed by atoms with Gasteiger partial charge in [-0.1, -0.05) is 55.1 Å². The van der Waals surface area contributed by atoms with E-state index in [0.717, 1.165) is 55.1 Å². The van der Waals surface area contributed by atoms with Crippen molar-refractivity contribution in [3.05, 3.63) is 109 Å². The summed E-state index contributed by atoms with van der Waals surface area (Å²) in [5, 5.41) is 7.42. The van der Waals surface area contributed by atoms with E-state index in [0.29, 0.717) is 23.1 Å². The second kappa shape index (κ2) is 12.2. The van der Waals surface area contributed by atoms with Gasteiger partial charge in [0.1, 0.15) is 11.6 Å². The second-order valence-electron chi connectivity index (χ2n) is 10.1. The summed E-state index contributed by atoms with van der Waals surface area (Å²) in [7, 11) is 1.63. The number of aromatic nitrogens is 3. The SMILES string of the molecule is C=CC(=O)Nc1cc(Nc2nccc(-n3ccc4ccccc43)n2)c(OC)cc1N1CCN(Cc2ccccc2)CC1. The number of hydrogen-bond acceptors (Lipinski definition) is 7. The summed E-state index contributed by atoms with van der Waals surface area (Å²) in [6, 6.07) is 26.4. The van der Waals surface area contributed by atoms with Gasteiger partial charge in [-0.15, -0.1) is 0 Å².